The Balaban J connectivity index is 1.58. The van der Waals surface area contributed by atoms with Crippen LogP contribution in [0.5, 0.6) is 0 Å². The summed E-state index contributed by atoms with van der Waals surface area (Å²) in [6, 6.07) is 11.7. The molecule has 0 aliphatic heterocycles. The van der Waals surface area contributed by atoms with Gasteiger partial charge in [-0.05, 0) is 42.7 Å². The van der Waals surface area contributed by atoms with E-state index in [9.17, 15) is 9.18 Å². The third-order valence-electron chi connectivity index (χ3n) is 3.88. The smallest absolute Gasteiger partial charge is 0.270 e. The number of benzene rings is 1. The van der Waals surface area contributed by atoms with Crippen LogP contribution >= 0.6 is 0 Å². The Morgan fingerprint density at radius 3 is 2.67 bits per heavy atom. The normalized spacial score (nSPS) is 10.4. The van der Waals surface area contributed by atoms with Crippen molar-refractivity contribution in [3.8, 4) is 0 Å². The van der Waals surface area contributed by atoms with Gasteiger partial charge in [0, 0.05) is 31.5 Å². The average Bonchev–Trinajstić information content (AvgIpc) is 2.68. The van der Waals surface area contributed by atoms with E-state index < -0.39 is 0 Å². The third-order valence-corrected chi connectivity index (χ3v) is 3.88. The van der Waals surface area contributed by atoms with Gasteiger partial charge in [0.2, 0.25) is 0 Å². The van der Waals surface area contributed by atoms with Crippen LogP contribution in [0, 0.1) is 12.7 Å². The first-order chi connectivity index (χ1) is 13.1. The molecule has 0 aliphatic carbocycles. The number of aryl methyl sites for hydroxylation is 1. The van der Waals surface area contributed by atoms with Crippen LogP contribution in [0.2, 0.25) is 0 Å². The predicted octanol–water partition coefficient (Wildman–Crippen LogP) is 2.90. The van der Waals surface area contributed by atoms with Crippen molar-refractivity contribution >= 4 is 11.7 Å². The van der Waals surface area contributed by atoms with Gasteiger partial charge in [0.25, 0.3) is 5.91 Å². The first-order valence-corrected chi connectivity index (χ1v) is 8.61. The molecule has 0 radical (unpaired) electrons. The second-order valence-electron chi connectivity index (χ2n) is 6.03. The number of carbonyl (C=O) groups excluding carboxylic acids is 1. The van der Waals surface area contributed by atoms with E-state index in [1.807, 2.05) is 12.1 Å². The molecule has 2 aromatic heterocycles. The van der Waals surface area contributed by atoms with Gasteiger partial charge in [-0.1, -0.05) is 18.2 Å². The maximum absolute atomic E-state index is 12.9. The molecule has 0 bridgehead atoms. The van der Waals surface area contributed by atoms with Gasteiger partial charge in [-0.15, -0.1) is 0 Å². The molecule has 0 atom stereocenters. The van der Waals surface area contributed by atoms with Gasteiger partial charge in [0.05, 0.1) is 0 Å². The monoisotopic (exact) mass is 365 g/mol. The Hall–Kier alpha value is -3.35. The highest BCUT2D eigenvalue weighted by Crippen LogP contribution is 2.09. The second-order valence-corrected chi connectivity index (χ2v) is 6.03. The lowest BCUT2D eigenvalue weighted by Gasteiger charge is -2.09. The van der Waals surface area contributed by atoms with Gasteiger partial charge in [-0.25, -0.2) is 14.4 Å². The largest absolute Gasteiger partial charge is 0.370 e. The van der Waals surface area contributed by atoms with E-state index in [-0.39, 0.29) is 11.7 Å². The van der Waals surface area contributed by atoms with E-state index in [1.165, 1.54) is 12.1 Å². The molecule has 2 N–H and O–H groups in total. The zero-order chi connectivity index (χ0) is 19.1. The summed E-state index contributed by atoms with van der Waals surface area (Å²) in [7, 11) is 0. The molecule has 1 aromatic carbocycles. The number of halogens is 1. The number of rotatable bonds is 7. The Morgan fingerprint density at radius 1 is 1.11 bits per heavy atom. The van der Waals surface area contributed by atoms with Crippen LogP contribution in [0.1, 0.15) is 27.4 Å². The van der Waals surface area contributed by atoms with Gasteiger partial charge in [-0.3, -0.25) is 9.78 Å². The van der Waals surface area contributed by atoms with Crippen LogP contribution in [0.3, 0.4) is 0 Å². The first-order valence-electron chi connectivity index (χ1n) is 8.61. The molecule has 27 heavy (non-hydrogen) atoms. The van der Waals surface area contributed by atoms with E-state index in [2.05, 4.69) is 25.6 Å². The summed E-state index contributed by atoms with van der Waals surface area (Å²) >= 11 is 0. The molecule has 138 valence electrons. The van der Waals surface area contributed by atoms with Crippen molar-refractivity contribution in [1.29, 1.82) is 0 Å². The summed E-state index contributed by atoms with van der Waals surface area (Å²) in [5.41, 5.74) is 2.23. The van der Waals surface area contributed by atoms with Crippen molar-refractivity contribution in [2.24, 2.45) is 0 Å². The lowest BCUT2D eigenvalue weighted by molar-refractivity contribution is 0.0945. The molecule has 0 saturated heterocycles. The number of aromatic nitrogens is 3. The molecule has 0 spiro atoms. The van der Waals surface area contributed by atoms with Gasteiger partial charge >= 0.3 is 0 Å². The molecule has 0 aliphatic rings. The SMILES string of the molecule is Cc1nc(NCCc2ccc(F)cc2)cc(C(=O)NCc2cccnc2)n1. The van der Waals surface area contributed by atoms with Gasteiger partial charge in [0.15, 0.2) is 0 Å². The van der Waals surface area contributed by atoms with Crippen molar-refractivity contribution in [1.82, 2.24) is 20.3 Å². The Bertz CT molecular complexity index is 900. The zero-order valence-corrected chi connectivity index (χ0v) is 14.9. The number of hydrogen-bond acceptors (Lipinski definition) is 5. The minimum absolute atomic E-state index is 0.250. The molecule has 0 unspecified atom stereocenters. The lowest BCUT2D eigenvalue weighted by atomic mass is 10.1. The minimum Gasteiger partial charge on any atom is -0.370 e. The zero-order valence-electron chi connectivity index (χ0n) is 14.9. The molecular weight excluding hydrogens is 345 g/mol. The third kappa shape index (κ3) is 5.57. The molecule has 0 saturated carbocycles. The van der Waals surface area contributed by atoms with E-state index in [0.717, 1.165) is 11.1 Å². The highest BCUT2D eigenvalue weighted by atomic mass is 19.1. The minimum atomic E-state index is -0.272. The maximum atomic E-state index is 12.9. The van der Waals surface area contributed by atoms with Crippen molar-refractivity contribution < 1.29 is 9.18 Å². The van der Waals surface area contributed by atoms with Crippen molar-refractivity contribution in [2.45, 2.75) is 19.9 Å². The van der Waals surface area contributed by atoms with Crippen LogP contribution in [-0.4, -0.2) is 27.4 Å². The number of pyridine rings is 1. The van der Waals surface area contributed by atoms with Crippen molar-refractivity contribution in [3.05, 3.63) is 83.3 Å². The maximum Gasteiger partial charge on any atom is 0.270 e. The lowest BCUT2D eigenvalue weighted by Crippen LogP contribution is -2.24. The van der Waals surface area contributed by atoms with E-state index in [4.69, 9.17) is 0 Å². The second kappa shape index (κ2) is 8.84. The fraction of sp³-hybridized carbons (Fsp3) is 0.200. The van der Waals surface area contributed by atoms with Crippen LogP contribution in [0.4, 0.5) is 10.2 Å². The number of anilines is 1. The molecule has 2 heterocycles. The number of nitrogens with one attached hydrogen (secondary N) is 2. The summed E-state index contributed by atoms with van der Waals surface area (Å²) < 4.78 is 12.9. The Labute approximate surface area is 156 Å². The average molecular weight is 365 g/mol. The van der Waals surface area contributed by atoms with E-state index in [0.29, 0.717) is 36.8 Å². The molecule has 1 amide bonds. The number of hydrogen-bond donors (Lipinski definition) is 2. The highest BCUT2D eigenvalue weighted by molar-refractivity contribution is 5.92. The van der Waals surface area contributed by atoms with Crippen LogP contribution in [0.25, 0.3) is 0 Å². The molecule has 7 heteroatoms. The first kappa shape index (κ1) is 18.4. The summed E-state index contributed by atoms with van der Waals surface area (Å²) in [5.74, 6) is 0.565. The number of amides is 1. The standard InChI is InChI=1S/C20H20FN5O/c1-14-25-18(20(27)24-13-16-3-2-9-22-12-16)11-19(26-14)23-10-8-15-4-6-17(21)7-5-15/h2-7,9,11-12H,8,10,13H2,1H3,(H,24,27)(H,23,25,26). The van der Waals surface area contributed by atoms with Crippen LogP contribution < -0.4 is 10.6 Å². The van der Waals surface area contributed by atoms with Crippen molar-refractivity contribution in [2.75, 3.05) is 11.9 Å². The molecular formula is C20H20FN5O. The van der Waals surface area contributed by atoms with Gasteiger partial charge in [-0.2, -0.15) is 0 Å². The van der Waals surface area contributed by atoms with Gasteiger partial charge in [0.1, 0.15) is 23.2 Å². The summed E-state index contributed by atoms with van der Waals surface area (Å²) in [6.07, 6.45) is 4.10. The molecule has 0 fully saturated rings. The summed E-state index contributed by atoms with van der Waals surface area (Å²) in [5, 5.41) is 6.01. The molecule has 3 aromatic rings. The summed E-state index contributed by atoms with van der Waals surface area (Å²) in [6.45, 7) is 2.73. The Kier molecular flexibility index (Phi) is 6.04. The molecule has 6 nitrogen and oxygen atoms in total. The van der Waals surface area contributed by atoms with Crippen LogP contribution in [0.15, 0.2) is 54.9 Å². The Morgan fingerprint density at radius 2 is 1.93 bits per heavy atom. The van der Waals surface area contributed by atoms with E-state index in [1.54, 1.807) is 37.5 Å². The summed E-state index contributed by atoms with van der Waals surface area (Å²) in [4.78, 5) is 24.9. The fourth-order valence-corrected chi connectivity index (χ4v) is 2.54. The predicted molar refractivity (Wildman–Crippen MR) is 101 cm³/mol. The van der Waals surface area contributed by atoms with Gasteiger partial charge < -0.3 is 10.6 Å². The highest BCUT2D eigenvalue weighted by Gasteiger charge is 2.10. The fourth-order valence-electron chi connectivity index (χ4n) is 2.54. The number of nitrogens with zero attached hydrogens (tertiary/aromatic N) is 3. The molecule has 3 rings (SSSR count). The van der Waals surface area contributed by atoms with Crippen LogP contribution in [-0.2, 0) is 13.0 Å². The van der Waals surface area contributed by atoms with Crippen molar-refractivity contribution in [3.63, 3.8) is 0 Å². The topological polar surface area (TPSA) is 79.8 Å². The quantitative estimate of drug-likeness (QED) is 0.673. The number of carbonyl (C=O) groups is 1. The van der Waals surface area contributed by atoms with E-state index >= 15 is 0 Å².